The summed E-state index contributed by atoms with van der Waals surface area (Å²) in [5, 5.41) is 5.75. The van der Waals surface area contributed by atoms with Crippen LogP contribution < -0.4 is 10.1 Å². The van der Waals surface area contributed by atoms with Crippen LogP contribution >= 0.6 is 11.3 Å². The maximum Gasteiger partial charge on any atom is 0.145 e. The molecule has 0 aliphatic heterocycles. The lowest BCUT2D eigenvalue weighted by Gasteiger charge is -2.16. The van der Waals surface area contributed by atoms with Crippen molar-refractivity contribution in [3.63, 3.8) is 0 Å². The number of nitrogens with zero attached hydrogens (tertiary/aromatic N) is 2. The first-order chi connectivity index (χ1) is 11.1. The van der Waals surface area contributed by atoms with Crippen LogP contribution in [0.15, 0.2) is 30.5 Å². The largest absolute Gasteiger partial charge is 0.494 e. The van der Waals surface area contributed by atoms with Crippen molar-refractivity contribution in [1.82, 2.24) is 9.97 Å². The molecule has 3 rings (SSSR count). The number of ether oxygens (including phenoxy) is 1. The lowest BCUT2D eigenvalue weighted by molar-refractivity contribution is 0.419. The van der Waals surface area contributed by atoms with Crippen LogP contribution in [0.5, 0.6) is 5.75 Å². The zero-order valence-electron chi connectivity index (χ0n) is 13.9. The Morgan fingerprint density at radius 3 is 2.87 bits per heavy atom. The molecule has 0 amide bonds. The second-order valence-electron chi connectivity index (χ2n) is 5.55. The highest BCUT2D eigenvalue weighted by Gasteiger charge is 2.14. The van der Waals surface area contributed by atoms with E-state index in [1.165, 1.54) is 4.88 Å². The van der Waals surface area contributed by atoms with Gasteiger partial charge in [-0.25, -0.2) is 9.97 Å². The standard InChI is InChI=1S/C18H21N3OS/c1-5-13-10-19-18(23-13)12(3)21-15-9-11(2)20-17-14(15)7-6-8-16(17)22-4/h6-10,12H,5H2,1-4H3,(H,20,21). The molecule has 120 valence electrons. The molecular formula is C18H21N3OS. The van der Waals surface area contributed by atoms with Gasteiger partial charge in [0.05, 0.1) is 13.2 Å². The third-order valence-electron chi connectivity index (χ3n) is 3.81. The van der Waals surface area contributed by atoms with Gasteiger partial charge in [0, 0.05) is 27.8 Å². The van der Waals surface area contributed by atoms with Gasteiger partial charge >= 0.3 is 0 Å². The Kier molecular flexibility index (Phi) is 4.48. The van der Waals surface area contributed by atoms with E-state index in [-0.39, 0.29) is 6.04 Å². The van der Waals surface area contributed by atoms with Crippen LogP contribution in [0, 0.1) is 6.92 Å². The number of hydrogen-bond acceptors (Lipinski definition) is 5. The molecule has 0 radical (unpaired) electrons. The molecule has 3 aromatic rings. The Morgan fingerprint density at radius 1 is 1.35 bits per heavy atom. The average molecular weight is 327 g/mol. The van der Waals surface area contributed by atoms with Gasteiger partial charge in [0.1, 0.15) is 16.3 Å². The SMILES string of the molecule is CCc1cnc(C(C)Nc2cc(C)nc3c(OC)cccc23)s1. The van der Waals surface area contributed by atoms with Gasteiger partial charge in [-0.1, -0.05) is 19.1 Å². The molecule has 0 spiro atoms. The lowest BCUT2D eigenvalue weighted by Crippen LogP contribution is -2.07. The number of anilines is 1. The van der Waals surface area contributed by atoms with Crippen molar-refractivity contribution in [2.24, 2.45) is 0 Å². The molecule has 0 aliphatic carbocycles. The monoisotopic (exact) mass is 327 g/mol. The highest BCUT2D eigenvalue weighted by Crippen LogP contribution is 2.32. The number of nitrogens with one attached hydrogen (secondary N) is 1. The smallest absolute Gasteiger partial charge is 0.145 e. The van der Waals surface area contributed by atoms with E-state index in [9.17, 15) is 0 Å². The van der Waals surface area contributed by atoms with Crippen molar-refractivity contribution in [1.29, 1.82) is 0 Å². The Labute approximate surface area is 140 Å². The fraction of sp³-hybridized carbons (Fsp3) is 0.333. The molecule has 0 fully saturated rings. The van der Waals surface area contributed by atoms with Crippen LogP contribution in [0.2, 0.25) is 0 Å². The van der Waals surface area contributed by atoms with Crippen LogP contribution in [0.4, 0.5) is 5.69 Å². The third kappa shape index (κ3) is 3.15. The number of para-hydroxylation sites is 1. The Morgan fingerprint density at radius 2 is 2.17 bits per heavy atom. The first kappa shape index (κ1) is 15.7. The molecule has 1 unspecified atom stereocenters. The number of aryl methyl sites for hydroxylation is 2. The molecule has 0 bridgehead atoms. The van der Waals surface area contributed by atoms with E-state index in [2.05, 4.69) is 41.3 Å². The molecular weight excluding hydrogens is 306 g/mol. The first-order valence-electron chi connectivity index (χ1n) is 7.78. The highest BCUT2D eigenvalue weighted by atomic mass is 32.1. The van der Waals surface area contributed by atoms with Gasteiger partial charge < -0.3 is 10.1 Å². The number of thiazole rings is 1. The Balaban J connectivity index is 1.99. The second-order valence-corrected chi connectivity index (χ2v) is 6.70. The minimum atomic E-state index is 0.150. The zero-order chi connectivity index (χ0) is 16.4. The molecule has 2 heterocycles. The van der Waals surface area contributed by atoms with Crippen LogP contribution in [0.25, 0.3) is 10.9 Å². The molecule has 0 saturated heterocycles. The quantitative estimate of drug-likeness (QED) is 0.735. The van der Waals surface area contributed by atoms with Gasteiger partial charge in [-0.2, -0.15) is 0 Å². The summed E-state index contributed by atoms with van der Waals surface area (Å²) in [5.74, 6) is 0.796. The van der Waals surface area contributed by atoms with Crippen molar-refractivity contribution < 1.29 is 4.74 Å². The van der Waals surface area contributed by atoms with Crippen molar-refractivity contribution in [2.75, 3.05) is 12.4 Å². The average Bonchev–Trinajstić information content (AvgIpc) is 3.03. The third-order valence-corrected chi connectivity index (χ3v) is 5.14. The molecule has 5 heteroatoms. The topological polar surface area (TPSA) is 47.0 Å². The summed E-state index contributed by atoms with van der Waals surface area (Å²) in [6.07, 6.45) is 3.00. The van der Waals surface area contributed by atoms with Gasteiger partial charge in [0.15, 0.2) is 0 Å². The molecule has 2 aromatic heterocycles. The van der Waals surface area contributed by atoms with E-state index in [0.29, 0.717) is 0 Å². The summed E-state index contributed by atoms with van der Waals surface area (Å²) in [6, 6.07) is 8.23. The van der Waals surface area contributed by atoms with Gasteiger partial charge in [-0.3, -0.25) is 0 Å². The van der Waals surface area contributed by atoms with E-state index in [0.717, 1.165) is 39.5 Å². The fourth-order valence-electron chi connectivity index (χ4n) is 2.62. The summed E-state index contributed by atoms with van der Waals surface area (Å²) < 4.78 is 5.44. The summed E-state index contributed by atoms with van der Waals surface area (Å²) >= 11 is 1.76. The van der Waals surface area contributed by atoms with E-state index in [1.807, 2.05) is 25.3 Å². The van der Waals surface area contributed by atoms with Gasteiger partial charge in [0.2, 0.25) is 0 Å². The molecule has 0 aliphatic rings. The van der Waals surface area contributed by atoms with E-state index >= 15 is 0 Å². The van der Waals surface area contributed by atoms with Crippen LogP contribution in [0.1, 0.15) is 35.5 Å². The molecule has 23 heavy (non-hydrogen) atoms. The zero-order valence-corrected chi connectivity index (χ0v) is 14.7. The number of pyridine rings is 1. The first-order valence-corrected chi connectivity index (χ1v) is 8.59. The predicted molar refractivity (Wildman–Crippen MR) is 96.6 cm³/mol. The number of fused-ring (bicyclic) bond motifs is 1. The van der Waals surface area contributed by atoms with Gasteiger partial charge in [-0.15, -0.1) is 11.3 Å². The van der Waals surface area contributed by atoms with Crippen molar-refractivity contribution in [3.8, 4) is 5.75 Å². The molecule has 4 nitrogen and oxygen atoms in total. The second kappa shape index (κ2) is 6.54. The fourth-order valence-corrected chi connectivity index (χ4v) is 3.48. The molecule has 1 aromatic carbocycles. The lowest BCUT2D eigenvalue weighted by atomic mass is 10.1. The Hall–Kier alpha value is -2.14. The van der Waals surface area contributed by atoms with Gasteiger partial charge in [-0.05, 0) is 32.4 Å². The van der Waals surface area contributed by atoms with E-state index < -0.39 is 0 Å². The molecule has 1 N–H and O–H groups in total. The van der Waals surface area contributed by atoms with E-state index in [4.69, 9.17) is 4.74 Å². The number of benzene rings is 1. The minimum Gasteiger partial charge on any atom is -0.494 e. The van der Waals surface area contributed by atoms with Crippen molar-refractivity contribution in [3.05, 3.63) is 46.0 Å². The maximum absolute atomic E-state index is 5.44. The van der Waals surface area contributed by atoms with Crippen LogP contribution in [-0.2, 0) is 6.42 Å². The maximum atomic E-state index is 5.44. The number of rotatable bonds is 5. The predicted octanol–water partition coefficient (Wildman–Crippen LogP) is 4.74. The van der Waals surface area contributed by atoms with E-state index in [1.54, 1.807) is 18.4 Å². The van der Waals surface area contributed by atoms with Crippen molar-refractivity contribution in [2.45, 2.75) is 33.2 Å². The summed E-state index contributed by atoms with van der Waals surface area (Å²) in [4.78, 5) is 10.5. The minimum absolute atomic E-state index is 0.150. The number of aromatic nitrogens is 2. The summed E-state index contributed by atoms with van der Waals surface area (Å²) in [6.45, 7) is 6.29. The Bertz CT molecular complexity index is 828. The number of methoxy groups -OCH3 is 1. The van der Waals surface area contributed by atoms with Crippen LogP contribution in [-0.4, -0.2) is 17.1 Å². The summed E-state index contributed by atoms with van der Waals surface area (Å²) in [7, 11) is 1.68. The number of hydrogen-bond donors (Lipinski definition) is 1. The van der Waals surface area contributed by atoms with Gasteiger partial charge in [0.25, 0.3) is 0 Å². The molecule has 0 saturated carbocycles. The molecule has 1 atom stereocenters. The normalized spacial score (nSPS) is 12.3. The van der Waals surface area contributed by atoms with Crippen LogP contribution in [0.3, 0.4) is 0 Å². The summed E-state index contributed by atoms with van der Waals surface area (Å²) in [5.41, 5.74) is 2.91. The van der Waals surface area contributed by atoms with Crippen molar-refractivity contribution >= 4 is 27.9 Å². The highest BCUT2D eigenvalue weighted by molar-refractivity contribution is 7.11.